The molecule has 0 radical (unpaired) electrons. The Bertz CT molecular complexity index is 1470. The lowest BCUT2D eigenvalue weighted by Gasteiger charge is -2.42. The van der Waals surface area contributed by atoms with Gasteiger partial charge in [0.2, 0.25) is 0 Å². The molecule has 3 saturated heterocycles. The van der Waals surface area contributed by atoms with Gasteiger partial charge in [0.05, 0.1) is 10.7 Å². The Labute approximate surface area is 289 Å². The summed E-state index contributed by atoms with van der Waals surface area (Å²) >= 11 is 6.48. The minimum Gasteiger partial charge on any atom is -0.436 e. The topological polar surface area (TPSA) is 115 Å². The van der Waals surface area contributed by atoms with Gasteiger partial charge in [0.25, 0.3) is 5.91 Å². The van der Waals surface area contributed by atoms with Gasteiger partial charge in [-0.3, -0.25) is 9.69 Å². The van der Waals surface area contributed by atoms with E-state index in [4.69, 9.17) is 22.1 Å². The molecule has 48 heavy (non-hydrogen) atoms. The molecule has 6 rings (SSSR count). The Morgan fingerprint density at radius 2 is 1.62 bits per heavy atom. The van der Waals surface area contributed by atoms with Gasteiger partial charge in [-0.15, -0.1) is 0 Å². The van der Waals surface area contributed by atoms with Crippen molar-refractivity contribution in [2.75, 3.05) is 77.0 Å². The van der Waals surface area contributed by atoms with Crippen LogP contribution in [0.1, 0.15) is 49.3 Å². The van der Waals surface area contributed by atoms with Crippen molar-refractivity contribution in [3.63, 3.8) is 0 Å². The summed E-state index contributed by atoms with van der Waals surface area (Å²) in [6, 6.07) is 12.1. The predicted octanol–water partition coefficient (Wildman–Crippen LogP) is 4.33. The van der Waals surface area contributed by atoms with Gasteiger partial charge in [-0.2, -0.15) is 0 Å². The molecule has 12 heteroatoms. The van der Waals surface area contributed by atoms with Gasteiger partial charge in [-0.05, 0) is 87.5 Å². The van der Waals surface area contributed by atoms with Crippen LogP contribution in [-0.2, 0) is 28.8 Å². The van der Waals surface area contributed by atoms with E-state index in [9.17, 15) is 14.4 Å². The fourth-order valence-electron chi connectivity index (χ4n) is 7.71. The molecule has 4 aliphatic rings. The smallest absolute Gasteiger partial charge is 0.410 e. The Hall–Kier alpha value is -3.54. The van der Waals surface area contributed by atoms with E-state index in [1.165, 1.54) is 0 Å². The molecule has 0 spiro atoms. The largest absolute Gasteiger partial charge is 0.436 e. The molecular formula is C36H50ClN7O4. The van der Waals surface area contributed by atoms with Crippen molar-refractivity contribution in [1.82, 2.24) is 24.5 Å². The Balaban J connectivity index is 1.09. The van der Waals surface area contributed by atoms with E-state index in [1.807, 2.05) is 47.1 Å². The summed E-state index contributed by atoms with van der Waals surface area (Å²) in [7, 11) is 2.17. The first-order valence-corrected chi connectivity index (χ1v) is 18.0. The predicted molar refractivity (Wildman–Crippen MR) is 188 cm³/mol. The van der Waals surface area contributed by atoms with Gasteiger partial charge in [-0.25, -0.2) is 9.59 Å². The van der Waals surface area contributed by atoms with Crippen molar-refractivity contribution in [3.8, 4) is 0 Å². The first kappa shape index (κ1) is 34.3. The maximum absolute atomic E-state index is 14.1. The molecule has 260 valence electrons. The molecule has 0 unspecified atom stereocenters. The lowest BCUT2D eigenvalue weighted by Crippen LogP contribution is -2.56. The number of nitrogen functional groups attached to an aromatic ring is 1. The minimum atomic E-state index is -0.982. The third-order valence-electron chi connectivity index (χ3n) is 10.7. The zero-order chi connectivity index (χ0) is 33.8. The second-order valence-electron chi connectivity index (χ2n) is 13.7. The van der Waals surface area contributed by atoms with Crippen molar-refractivity contribution in [1.29, 1.82) is 0 Å². The molecule has 2 aromatic carbocycles. The van der Waals surface area contributed by atoms with E-state index in [0.717, 1.165) is 67.8 Å². The normalized spacial score (nSPS) is 21.0. The number of nitrogens with one attached hydrogen (secondary N) is 1. The van der Waals surface area contributed by atoms with E-state index in [0.29, 0.717) is 68.7 Å². The highest BCUT2D eigenvalue weighted by Gasteiger charge is 2.36. The van der Waals surface area contributed by atoms with Crippen LogP contribution in [0.5, 0.6) is 0 Å². The zero-order valence-corrected chi connectivity index (χ0v) is 29.1. The number of piperazine rings is 1. The number of amides is 4. The molecule has 3 N–H and O–H groups in total. The van der Waals surface area contributed by atoms with Crippen LogP contribution in [-0.4, -0.2) is 127 Å². The summed E-state index contributed by atoms with van der Waals surface area (Å²) in [5, 5.41) is 3.49. The summed E-state index contributed by atoms with van der Waals surface area (Å²) in [4.78, 5) is 51.1. The molecule has 0 aromatic heterocycles. The van der Waals surface area contributed by atoms with Crippen molar-refractivity contribution in [2.24, 2.45) is 0 Å². The quantitative estimate of drug-likeness (QED) is 0.419. The van der Waals surface area contributed by atoms with Crippen LogP contribution in [0.15, 0.2) is 36.4 Å². The number of hydrogen-bond acceptors (Lipinski definition) is 7. The molecular weight excluding hydrogens is 630 g/mol. The number of ether oxygens (including phenoxy) is 1. The SMILES string of the molecule is CCc1cc(C[C@@H](OC(=O)N2CCC(N3CCc4ccccc4NC3=O)CC2)C(=O)N2CCN(C3CCN(C)CC3)CC2)cc(Cl)c1N. The third kappa shape index (κ3) is 7.84. The second kappa shape index (κ2) is 15.3. The highest BCUT2D eigenvalue weighted by molar-refractivity contribution is 6.33. The zero-order valence-electron chi connectivity index (χ0n) is 28.3. The maximum atomic E-state index is 14.1. The minimum absolute atomic E-state index is 0.0195. The van der Waals surface area contributed by atoms with Gasteiger partial charge < -0.3 is 35.4 Å². The summed E-state index contributed by atoms with van der Waals surface area (Å²) in [5.74, 6) is -0.173. The van der Waals surface area contributed by atoms with Crippen LogP contribution >= 0.6 is 11.6 Å². The molecule has 0 bridgehead atoms. The number of halogens is 1. The van der Waals surface area contributed by atoms with Gasteiger partial charge >= 0.3 is 12.1 Å². The fraction of sp³-hybridized carbons (Fsp3) is 0.583. The molecule has 4 aliphatic heterocycles. The summed E-state index contributed by atoms with van der Waals surface area (Å²) in [6.07, 6.45) is 3.80. The third-order valence-corrected chi connectivity index (χ3v) is 11.0. The van der Waals surface area contributed by atoms with Gasteiger partial charge in [0.1, 0.15) is 0 Å². The highest BCUT2D eigenvalue weighted by atomic mass is 35.5. The monoisotopic (exact) mass is 679 g/mol. The van der Waals surface area contributed by atoms with Crippen LogP contribution in [0.4, 0.5) is 21.0 Å². The van der Waals surface area contributed by atoms with Crippen molar-refractivity contribution in [2.45, 2.75) is 70.1 Å². The number of nitrogens with two attached hydrogens (primary N) is 1. The van der Waals surface area contributed by atoms with Crippen LogP contribution in [0.25, 0.3) is 0 Å². The second-order valence-corrected chi connectivity index (χ2v) is 14.1. The summed E-state index contributed by atoms with van der Waals surface area (Å²) < 4.78 is 6.08. The van der Waals surface area contributed by atoms with Crippen LogP contribution in [0.2, 0.25) is 5.02 Å². The average Bonchev–Trinajstić information content (AvgIpc) is 3.27. The summed E-state index contributed by atoms with van der Waals surface area (Å²) in [6.45, 7) is 8.58. The van der Waals surface area contributed by atoms with Gasteiger partial charge in [-0.1, -0.05) is 42.8 Å². The Morgan fingerprint density at radius 3 is 2.33 bits per heavy atom. The molecule has 3 fully saturated rings. The standard InChI is InChI=1S/C36H50ClN7O4/c1-3-26-22-25(23-30(37)33(26)38)24-32(34(45)42-20-18-41(19-21-42)28-9-13-40(2)14-10-28)48-36(47)43-15-11-29(12-16-43)44-17-8-27-6-4-5-7-31(27)39-35(44)46/h4-7,22-23,28-29,32H,3,8-21,24,38H2,1-2H3,(H,39,46)/t32-/m1/s1. The number of carbonyl (C=O) groups is 3. The molecule has 0 aliphatic carbocycles. The Kier molecular flexibility index (Phi) is 11.0. The fourth-order valence-corrected chi connectivity index (χ4v) is 7.97. The van der Waals surface area contributed by atoms with Crippen LogP contribution in [0, 0.1) is 0 Å². The average molecular weight is 680 g/mol. The number of nitrogens with zero attached hydrogens (tertiary/aromatic N) is 5. The lowest BCUT2D eigenvalue weighted by atomic mass is 10.0. The number of likely N-dealkylation sites (tertiary alicyclic amines) is 2. The van der Waals surface area contributed by atoms with E-state index < -0.39 is 12.2 Å². The number of fused-ring (bicyclic) bond motifs is 1. The first-order chi connectivity index (χ1) is 23.2. The van der Waals surface area contributed by atoms with Crippen LogP contribution in [0.3, 0.4) is 0 Å². The maximum Gasteiger partial charge on any atom is 0.410 e. The van der Waals surface area contributed by atoms with Gasteiger partial charge in [0, 0.05) is 70.0 Å². The lowest BCUT2D eigenvalue weighted by molar-refractivity contribution is -0.143. The van der Waals surface area contributed by atoms with Gasteiger partial charge in [0.15, 0.2) is 6.10 Å². The van der Waals surface area contributed by atoms with E-state index >= 15 is 0 Å². The number of benzene rings is 2. The number of para-hydroxylation sites is 1. The number of anilines is 2. The number of aryl methyl sites for hydroxylation is 1. The number of urea groups is 1. The molecule has 4 heterocycles. The summed E-state index contributed by atoms with van der Waals surface area (Å²) in [5.41, 5.74) is 10.4. The number of rotatable bonds is 7. The molecule has 11 nitrogen and oxygen atoms in total. The first-order valence-electron chi connectivity index (χ1n) is 17.6. The number of carbonyl (C=O) groups excluding carboxylic acids is 3. The Morgan fingerprint density at radius 1 is 0.938 bits per heavy atom. The highest BCUT2D eigenvalue weighted by Crippen LogP contribution is 2.28. The molecule has 4 amide bonds. The van der Waals surface area contributed by atoms with Crippen LogP contribution < -0.4 is 11.1 Å². The van der Waals surface area contributed by atoms with Crippen molar-refractivity contribution >= 4 is 41.0 Å². The molecule has 0 saturated carbocycles. The van der Waals surface area contributed by atoms with E-state index in [1.54, 1.807) is 11.0 Å². The van der Waals surface area contributed by atoms with Crippen molar-refractivity contribution in [3.05, 3.63) is 58.1 Å². The molecule has 1 atom stereocenters. The van der Waals surface area contributed by atoms with E-state index in [-0.39, 0.29) is 24.4 Å². The van der Waals surface area contributed by atoms with Crippen molar-refractivity contribution < 1.29 is 19.1 Å². The number of piperidine rings is 2. The molecule has 2 aromatic rings. The number of hydrogen-bond donors (Lipinski definition) is 2. The van der Waals surface area contributed by atoms with E-state index in [2.05, 4.69) is 22.2 Å².